The first kappa shape index (κ1) is 19.1. The van der Waals surface area contributed by atoms with Crippen molar-refractivity contribution in [1.29, 1.82) is 0 Å². The molecule has 0 saturated carbocycles. The lowest BCUT2D eigenvalue weighted by molar-refractivity contribution is 0.272. The Hall–Kier alpha value is -3.27. The number of para-hydroxylation sites is 2. The van der Waals surface area contributed by atoms with Crippen LogP contribution in [0.1, 0.15) is 22.5 Å². The average molecular weight is 386 g/mol. The molecular weight excluding hydrogens is 360 g/mol. The van der Waals surface area contributed by atoms with Crippen LogP contribution in [0.5, 0.6) is 11.5 Å². The molecule has 0 unspecified atom stereocenters. The third-order valence-corrected chi connectivity index (χ3v) is 5.18. The van der Waals surface area contributed by atoms with Gasteiger partial charge in [0.1, 0.15) is 30.5 Å². The molecule has 1 aromatic heterocycles. The summed E-state index contributed by atoms with van der Waals surface area (Å²) < 4.78 is 14.2. The maximum absolute atomic E-state index is 6.01. The van der Waals surface area contributed by atoms with Crippen molar-refractivity contribution in [1.82, 2.24) is 9.55 Å². The molecular formula is C25H26N2O2. The number of ether oxygens (including phenoxy) is 2. The summed E-state index contributed by atoms with van der Waals surface area (Å²) in [5, 5.41) is 0. The fourth-order valence-corrected chi connectivity index (χ4v) is 3.33. The van der Waals surface area contributed by atoms with E-state index < -0.39 is 0 Å². The minimum atomic E-state index is 0.418. The summed E-state index contributed by atoms with van der Waals surface area (Å²) in [5.74, 6) is 2.64. The van der Waals surface area contributed by atoms with Gasteiger partial charge in [-0.3, -0.25) is 0 Å². The van der Waals surface area contributed by atoms with E-state index in [-0.39, 0.29) is 0 Å². The van der Waals surface area contributed by atoms with E-state index in [0.717, 1.165) is 28.4 Å². The number of fused-ring (bicyclic) bond motifs is 1. The van der Waals surface area contributed by atoms with Gasteiger partial charge in [-0.1, -0.05) is 35.9 Å². The largest absolute Gasteiger partial charge is 0.492 e. The topological polar surface area (TPSA) is 36.3 Å². The van der Waals surface area contributed by atoms with E-state index >= 15 is 0 Å². The van der Waals surface area contributed by atoms with Crippen molar-refractivity contribution in [2.45, 2.75) is 33.9 Å². The number of hydrogen-bond acceptors (Lipinski definition) is 3. The Balaban J connectivity index is 1.49. The molecule has 0 N–H and O–H groups in total. The number of aryl methyl sites for hydroxylation is 3. The highest BCUT2D eigenvalue weighted by Crippen LogP contribution is 2.20. The van der Waals surface area contributed by atoms with Gasteiger partial charge in [0.25, 0.3) is 0 Å². The molecule has 4 nitrogen and oxygen atoms in total. The SMILES string of the molecule is Cc1ccc(OCc2nc3ccccc3n2CCOc2ccc(C)c(C)c2)cc1. The molecule has 4 aromatic rings. The molecule has 0 aliphatic rings. The van der Waals surface area contributed by atoms with E-state index in [2.05, 4.69) is 55.7 Å². The number of rotatable bonds is 7. The van der Waals surface area contributed by atoms with Gasteiger partial charge in [0, 0.05) is 0 Å². The number of aromatic nitrogens is 2. The van der Waals surface area contributed by atoms with Crippen LogP contribution in [-0.2, 0) is 13.2 Å². The van der Waals surface area contributed by atoms with Crippen LogP contribution in [0.3, 0.4) is 0 Å². The molecule has 1 heterocycles. The van der Waals surface area contributed by atoms with Crippen LogP contribution >= 0.6 is 0 Å². The van der Waals surface area contributed by atoms with Crippen LogP contribution in [-0.4, -0.2) is 16.2 Å². The molecule has 0 saturated heterocycles. The second-order valence-electron chi connectivity index (χ2n) is 7.36. The van der Waals surface area contributed by atoms with Gasteiger partial charge in [0.05, 0.1) is 17.6 Å². The first-order valence-corrected chi connectivity index (χ1v) is 9.94. The van der Waals surface area contributed by atoms with Gasteiger partial charge in [-0.15, -0.1) is 0 Å². The predicted molar refractivity (Wildman–Crippen MR) is 117 cm³/mol. The standard InChI is InChI=1S/C25H26N2O2/c1-18-8-11-21(12-9-18)29-17-25-26-23-6-4-5-7-24(23)27(25)14-15-28-22-13-10-19(2)20(3)16-22/h4-13,16H,14-15,17H2,1-3H3. The predicted octanol–water partition coefficient (Wildman–Crippen LogP) is 5.62. The summed E-state index contributed by atoms with van der Waals surface area (Å²) in [4.78, 5) is 4.78. The Kier molecular flexibility index (Phi) is 5.52. The smallest absolute Gasteiger partial charge is 0.148 e. The van der Waals surface area contributed by atoms with Crippen LogP contribution in [0.25, 0.3) is 11.0 Å². The Bertz CT molecular complexity index is 1110. The number of imidazole rings is 1. The van der Waals surface area contributed by atoms with E-state index in [4.69, 9.17) is 14.5 Å². The Morgan fingerprint density at radius 1 is 0.793 bits per heavy atom. The highest BCUT2D eigenvalue weighted by molar-refractivity contribution is 5.75. The van der Waals surface area contributed by atoms with Gasteiger partial charge in [-0.2, -0.15) is 0 Å². The first-order valence-electron chi connectivity index (χ1n) is 9.94. The summed E-state index contributed by atoms with van der Waals surface area (Å²) >= 11 is 0. The molecule has 0 radical (unpaired) electrons. The molecule has 0 aliphatic heterocycles. The average Bonchev–Trinajstić information content (AvgIpc) is 3.08. The lowest BCUT2D eigenvalue weighted by atomic mass is 10.1. The fraction of sp³-hybridized carbons (Fsp3) is 0.240. The quantitative estimate of drug-likeness (QED) is 0.414. The van der Waals surface area contributed by atoms with Crippen LogP contribution in [0, 0.1) is 20.8 Å². The van der Waals surface area contributed by atoms with Crippen LogP contribution in [0.4, 0.5) is 0 Å². The van der Waals surface area contributed by atoms with E-state index in [1.54, 1.807) is 0 Å². The summed E-state index contributed by atoms with van der Waals surface area (Å²) in [6.07, 6.45) is 0. The second kappa shape index (κ2) is 8.39. The summed E-state index contributed by atoms with van der Waals surface area (Å²) in [5.41, 5.74) is 5.80. The minimum absolute atomic E-state index is 0.418. The summed E-state index contributed by atoms with van der Waals surface area (Å²) in [6, 6.07) is 22.5. The molecule has 0 atom stereocenters. The normalized spacial score (nSPS) is 11.0. The first-order chi connectivity index (χ1) is 14.1. The van der Waals surface area contributed by atoms with Crippen molar-refractivity contribution >= 4 is 11.0 Å². The van der Waals surface area contributed by atoms with Crippen molar-refractivity contribution in [3.63, 3.8) is 0 Å². The van der Waals surface area contributed by atoms with Crippen LogP contribution in [0.15, 0.2) is 66.7 Å². The van der Waals surface area contributed by atoms with Gasteiger partial charge in [0.15, 0.2) is 0 Å². The zero-order chi connectivity index (χ0) is 20.2. The molecule has 3 aromatic carbocycles. The zero-order valence-corrected chi connectivity index (χ0v) is 17.2. The van der Waals surface area contributed by atoms with Gasteiger partial charge in [0.2, 0.25) is 0 Å². The van der Waals surface area contributed by atoms with Crippen LogP contribution in [0.2, 0.25) is 0 Å². The van der Waals surface area contributed by atoms with Gasteiger partial charge in [-0.05, 0) is 68.3 Å². The Morgan fingerprint density at radius 2 is 1.55 bits per heavy atom. The van der Waals surface area contributed by atoms with Crippen molar-refractivity contribution < 1.29 is 9.47 Å². The van der Waals surface area contributed by atoms with Gasteiger partial charge in [-0.25, -0.2) is 4.98 Å². The molecule has 0 spiro atoms. The molecule has 0 bridgehead atoms. The third kappa shape index (κ3) is 4.43. The molecule has 148 valence electrons. The monoisotopic (exact) mass is 386 g/mol. The summed E-state index contributed by atoms with van der Waals surface area (Å²) in [6.45, 7) is 7.98. The third-order valence-electron chi connectivity index (χ3n) is 5.18. The van der Waals surface area contributed by atoms with Crippen LogP contribution < -0.4 is 9.47 Å². The van der Waals surface area contributed by atoms with E-state index in [1.807, 2.05) is 36.4 Å². The Labute approximate surface area is 171 Å². The van der Waals surface area contributed by atoms with Crippen molar-refractivity contribution in [2.24, 2.45) is 0 Å². The fourth-order valence-electron chi connectivity index (χ4n) is 3.33. The van der Waals surface area contributed by atoms with Crippen molar-refractivity contribution in [3.05, 3.63) is 89.2 Å². The number of benzene rings is 3. The lowest BCUT2D eigenvalue weighted by Gasteiger charge is -2.12. The lowest BCUT2D eigenvalue weighted by Crippen LogP contribution is -2.13. The second-order valence-corrected chi connectivity index (χ2v) is 7.36. The van der Waals surface area contributed by atoms with Crippen molar-refractivity contribution in [3.8, 4) is 11.5 Å². The van der Waals surface area contributed by atoms with E-state index in [0.29, 0.717) is 19.8 Å². The molecule has 0 amide bonds. The maximum Gasteiger partial charge on any atom is 0.148 e. The molecule has 4 heteroatoms. The van der Waals surface area contributed by atoms with E-state index in [1.165, 1.54) is 16.7 Å². The zero-order valence-electron chi connectivity index (χ0n) is 17.2. The highest BCUT2D eigenvalue weighted by Gasteiger charge is 2.11. The highest BCUT2D eigenvalue weighted by atomic mass is 16.5. The molecule has 0 aliphatic carbocycles. The molecule has 29 heavy (non-hydrogen) atoms. The van der Waals surface area contributed by atoms with Gasteiger partial charge < -0.3 is 14.0 Å². The number of hydrogen-bond donors (Lipinski definition) is 0. The minimum Gasteiger partial charge on any atom is -0.492 e. The van der Waals surface area contributed by atoms with Gasteiger partial charge >= 0.3 is 0 Å². The molecule has 0 fully saturated rings. The maximum atomic E-state index is 6.01. The summed E-state index contributed by atoms with van der Waals surface area (Å²) in [7, 11) is 0. The van der Waals surface area contributed by atoms with E-state index in [9.17, 15) is 0 Å². The molecule has 4 rings (SSSR count). The Morgan fingerprint density at radius 3 is 2.34 bits per heavy atom. The number of nitrogens with zero attached hydrogens (tertiary/aromatic N) is 2. The van der Waals surface area contributed by atoms with Crippen molar-refractivity contribution in [2.75, 3.05) is 6.61 Å².